The molecule has 5 nitrogen and oxygen atoms in total. The number of benzene rings is 1. The van der Waals surface area contributed by atoms with E-state index in [4.69, 9.17) is 17.0 Å². The molecule has 7 heteroatoms. The maximum Gasteiger partial charge on any atom is 0.326 e. The molecule has 0 spiro atoms. The molecule has 1 N–H and O–H groups in total. The van der Waals surface area contributed by atoms with Gasteiger partial charge in [-0.05, 0) is 30.2 Å². The fraction of sp³-hybridized carbons (Fsp3) is 0.316. The number of hydrogen-bond acceptors (Lipinski definition) is 5. The van der Waals surface area contributed by atoms with Crippen LogP contribution in [0.25, 0.3) is 6.08 Å². The lowest BCUT2D eigenvalue weighted by Crippen LogP contribution is -2.43. The van der Waals surface area contributed by atoms with Gasteiger partial charge in [0.2, 0.25) is 0 Å². The number of rotatable bonds is 9. The molecular formula is C19H21NO4S2. The Balaban J connectivity index is 2.17. The predicted molar refractivity (Wildman–Crippen MR) is 108 cm³/mol. The van der Waals surface area contributed by atoms with Crippen molar-refractivity contribution in [2.75, 3.05) is 6.61 Å². The van der Waals surface area contributed by atoms with Crippen LogP contribution in [0.1, 0.15) is 31.7 Å². The number of amides is 1. The molecule has 1 atom stereocenters. The second-order valence-electron chi connectivity index (χ2n) is 5.72. The summed E-state index contributed by atoms with van der Waals surface area (Å²) < 4.78 is 5.71. The summed E-state index contributed by atoms with van der Waals surface area (Å²) in [6.07, 6.45) is 5.35. The maximum absolute atomic E-state index is 12.7. The first-order chi connectivity index (χ1) is 12.5. The Hall–Kier alpha value is -2.12. The Morgan fingerprint density at radius 2 is 2.12 bits per heavy atom. The number of thiocarbonyl (C=S) groups is 1. The lowest BCUT2D eigenvalue weighted by Gasteiger charge is -2.22. The minimum absolute atomic E-state index is 0.288. The topological polar surface area (TPSA) is 66.8 Å². The standard InChI is InChI=1S/C19H21NO4S2/c1-3-5-6-15(18(22)23)20-17(21)16(26-19(20)25)12-13-7-9-14(10-8-13)24-11-4-2/h4,7-10,12,15H,2-3,5-6,11H2,1H3,(H,22,23)/b16-12-/t15-/m1/s1. The highest BCUT2D eigenvalue weighted by Gasteiger charge is 2.40. The van der Waals surface area contributed by atoms with E-state index in [1.54, 1.807) is 24.3 Å². The molecule has 2 rings (SSSR count). The third-order valence-electron chi connectivity index (χ3n) is 3.80. The Labute approximate surface area is 162 Å². The van der Waals surface area contributed by atoms with Crippen molar-refractivity contribution in [3.05, 3.63) is 47.4 Å². The third-order valence-corrected chi connectivity index (χ3v) is 5.13. The van der Waals surface area contributed by atoms with Gasteiger partial charge in [-0.1, -0.05) is 68.5 Å². The molecule has 1 aliphatic heterocycles. The quantitative estimate of drug-likeness (QED) is 0.388. The second kappa shape index (κ2) is 9.54. The zero-order chi connectivity index (χ0) is 19.1. The predicted octanol–water partition coefficient (Wildman–Crippen LogP) is 4.10. The summed E-state index contributed by atoms with van der Waals surface area (Å²) in [6, 6.07) is 6.35. The first kappa shape index (κ1) is 20.2. The highest BCUT2D eigenvalue weighted by Crippen LogP contribution is 2.35. The molecule has 1 heterocycles. The van der Waals surface area contributed by atoms with Crippen LogP contribution >= 0.6 is 24.0 Å². The number of carboxylic acid groups (broad SMARTS) is 1. The summed E-state index contributed by atoms with van der Waals surface area (Å²) in [7, 11) is 0. The van der Waals surface area contributed by atoms with Crippen LogP contribution in [0.4, 0.5) is 0 Å². The van der Waals surface area contributed by atoms with Gasteiger partial charge in [0.1, 0.15) is 22.7 Å². The molecule has 0 bridgehead atoms. The monoisotopic (exact) mass is 391 g/mol. The van der Waals surface area contributed by atoms with E-state index >= 15 is 0 Å². The molecule has 26 heavy (non-hydrogen) atoms. The molecule has 1 amide bonds. The summed E-state index contributed by atoms with van der Waals surface area (Å²) in [5.74, 6) is -0.671. The van der Waals surface area contributed by atoms with Gasteiger partial charge < -0.3 is 9.84 Å². The number of nitrogens with zero attached hydrogens (tertiary/aromatic N) is 1. The van der Waals surface area contributed by atoms with E-state index in [-0.39, 0.29) is 10.2 Å². The Kier molecular flexibility index (Phi) is 7.41. The highest BCUT2D eigenvalue weighted by molar-refractivity contribution is 8.26. The average molecular weight is 392 g/mol. The largest absolute Gasteiger partial charge is 0.490 e. The van der Waals surface area contributed by atoms with E-state index in [9.17, 15) is 14.7 Å². The van der Waals surface area contributed by atoms with Gasteiger partial charge in [-0.3, -0.25) is 9.69 Å². The zero-order valence-electron chi connectivity index (χ0n) is 14.5. The van der Waals surface area contributed by atoms with Crippen molar-refractivity contribution in [3.8, 4) is 5.75 Å². The van der Waals surface area contributed by atoms with Crippen molar-refractivity contribution in [2.45, 2.75) is 32.2 Å². The number of carbonyl (C=O) groups excluding carboxylic acids is 1. The van der Waals surface area contributed by atoms with E-state index in [2.05, 4.69) is 6.58 Å². The van der Waals surface area contributed by atoms with Gasteiger partial charge in [-0.15, -0.1) is 0 Å². The van der Waals surface area contributed by atoms with E-state index in [1.165, 1.54) is 4.90 Å². The van der Waals surface area contributed by atoms with Crippen molar-refractivity contribution in [1.82, 2.24) is 4.90 Å². The van der Waals surface area contributed by atoms with E-state index in [0.717, 1.165) is 30.2 Å². The lowest BCUT2D eigenvalue weighted by molar-refractivity contribution is -0.145. The van der Waals surface area contributed by atoms with Crippen molar-refractivity contribution >= 4 is 46.3 Å². The summed E-state index contributed by atoms with van der Waals surface area (Å²) in [5, 5.41) is 9.47. The molecule has 0 saturated carbocycles. The summed E-state index contributed by atoms with van der Waals surface area (Å²) in [6.45, 7) is 6.00. The number of unbranched alkanes of at least 4 members (excludes halogenated alkanes) is 1. The number of ether oxygens (including phenoxy) is 1. The zero-order valence-corrected chi connectivity index (χ0v) is 16.1. The lowest BCUT2D eigenvalue weighted by atomic mass is 10.1. The summed E-state index contributed by atoms with van der Waals surface area (Å²) in [4.78, 5) is 25.9. The summed E-state index contributed by atoms with van der Waals surface area (Å²) >= 11 is 6.39. The first-order valence-corrected chi connectivity index (χ1v) is 9.54. The summed E-state index contributed by atoms with van der Waals surface area (Å²) in [5.41, 5.74) is 0.817. The van der Waals surface area contributed by atoms with Crippen molar-refractivity contribution < 1.29 is 19.4 Å². The normalized spacial score (nSPS) is 16.8. The van der Waals surface area contributed by atoms with Crippen LogP contribution in [0.2, 0.25) is 0 Å². The molecule has 1 saturated heterocycles. The molecule has 138 valence electrons. The fourth-order valence-electron chi connectivity index (χ4n) is 2.48. The Morgan fingerprint density at radius 3 is 2.69 bits per heavy atom. The average Bonchev–Trinajstić information content (AvgIpc) is 2.89. The van der Waals surface area contributed by atoms with Gasteiger partial charge in [0.25, 0.3) is 5.91 Å². The van der Waals surface area contributed by atoms with Crippen LogP contribution in [0.5, 0.6) is 5.75 Å². The number of thioether (sulfide) groups is 1. The van der Waals surface area contributed by atoms with Crippen LogP contribution in [-0.4, -0.2) is 38.9 Å². The van der Waals surface area contributed by atoms with Gasteiger partial charge in [0.15, 0.2) is 0 Å². The van der Waals surface area contributed by atoms with Crippen LogP contribution in [0.15, 0.2) is 41.8 Å². The molecule has 0 radical (unpaired) electrons. The highest BCUT2D eigenvalue weighted by atomic mass is 32.2. The Bertz CT molecular complexity index is 728. The van der Waals surface area contributed by atoms with Crippen molar-refractivity contribution in [3.63, 3.8) is 0 Å². The van der Waals surface area contributed by atoms with Gasteiger partial charge >= 0.3 is 5.97 Å². The molecule has 0 aliphatic carbocycles. The second-order valence-corrected chi connectivity index (χ2v) is 7.39. The molecule has 0 unspecified atom stereocenters. The van der Waals surface area contributed by atoms with Crippen LogP contribution < -0.4 is 4.74 Å². The number of carboxylic acids is 1. The first-order valence-electron chi connectivity index (χ1n) is 8.31. The van der Waals surface area contributed by atoms with Gasteiger partial charge in [-0.2, -0.15) is 0 Å². The smallest absolute Gasteiger partial charge is 0.326 e. The van der Waals surface area contributed by atoms with Crippen molar-refractivity contribution in [2.24, 2.45) is 0 Å². The third kappa shape index (κ3) is 4.95. The number of hydrogen-bond donors (Lipinski definition) is 1. The minimum atomic E-state index is -1.03. The van der Waals surface area contributed by atoms with E-state index < -0.39 is 12.0 Å². The maximum atomic E-state index is 12.7. The van der Waals surface area contributed by atoms with Crippen LogP contribution in [0, 0.1) is 0 Å². The van der Waals surface area contributed by atoms with Gasteiger partial charge in [-0.25, -0.2) is 4.79 Å². The molecule has 1 aliphatic rings. The fourth-order valence-corrected chi connectivity index (χ4v) is 3.83. The van der Waals surface area contributed by atoms with Crippen molar-refractivity contribution in [1.29, 1.82) is 0 Å². The minimum Gasteiger partial charge on any atom is -0.490 e. The Morgan fingerprint density at radius 1 is 1.42 bits per heavy atom. The number of aliphatic carboxylic acids is 1. The van der Waals surface area contributed by atoms with E-state index in [1.807, 2.05) is 19.1 Å². The van der Waals surface area contributed by atoms with E-state index in [0.29, 0.717) is 23.7 Å². The molecule has 1 fully saturated rings. The van der Waals surface area contributed by atoms with Crippen LogP contribution in [0.3, 0.4) is 0 Å². The van der Waals surface area contributed by atoms with Gasteiger partial charge in [0.05, 0.1) is 4.91 Å². The van der Waals surface area contributed by atoms with Crippen LogP contribution in [-0.2, 0) is 9.59 Å². The SMILES string of the molecule is C=CCOc1ccc(/C=C2\SC(=S)N([C@H](CCCC)C(=O)O)C2=O)cc1. The molecule has 1 aromatic carbocycles. The molecule has 1 aromatic rings. The molecular weight excluding hydrogens is 370 g/mol. The number of carbonyl (C=O) groups is 2. The van der Waals surface area contributed by atoms with Gasteiger partial charge in [0, 0.05) is 0 Å². The molecule has 0 aromatic heterocycles.